The van der Waals surface area contributed by atoms with Gasteiger partial charge in [0.05, 0.1) is 12.6 Å². The topological polar surface area (TPSA) is 72.5 Å². The van der Waals surface area contributed by atoms with Crippen molar-refractivity contribution in [3.05, 3.63) is 35.4 Å². The molecule has 3 N–H and O–H groups in total. The van der Waals surface area contributed by atoms with E-state index in [9.17, 15) is 4.79 Å². The lowest BCUT2D eigenvalue weighted by Gasteiger charge is -2.12. The molecule has 0 bridgehead atoms. The Kier molecular flexibility index (Phi) is 6.39. The highest BCUT2D eigenvalue weighted by Gasteiger charge is 2.07. The van der Waals surface area contributed by atoms with Crippen LogP contribution in [-0.4, -0.2) is 24.3 Å². The summed E-state index contributed by atoms with van der Waals surface area (Å²) in [7, 11) is 0. The third kappa shape index (κ3) is 5.29. The molecule has 0 amide bonds. The fourth-order valence-corrected chi connectivity index (χ4v) is 1.68. The predicted octanol–water partition coefficient (Wildman–Crippen LogP) is 2.13. The van der Waals surface area contributed by atoms with Gasteiger partial charge in [-0.05, 0) is 24.0 Å². The van der Waals surface area contributed by atoms with E-state index in [2.05, 4.69) is 19.1 Å². The number of nitrogens with two attached hydrogens (primary N) is 1. The summed E-state index contributed by atoms with van der Waals surface area (Å²) in [5.74, 6) is -0.975. The molecule has 0 aliphatic rings. The third-order valence-corrected chi connectivity index (χ3v) is 2.75. The molecule has 1 atom stereocenters. The number of aryl methyl sites for hydroxylation is 1. The van der Waals surface area contributed by atoms with E-state index in [-0.39, 0.29) is 19.3 Å². The van der Waals surface area contributed by atoms with Gasteiger partial charge in [-0.25, -0.2) is 4.79 Å². The molecule has 0 saturated carbocycles. The van der Waals surface area contributed by atoms with E-state index in [1.165, 1.54) is 18.4 Å². The number of carboxylic acids is 1. The standard InChI is InChI=1S/C14H21NO3/c1-2-3-4-11-5-7-12(8-6-11)13(15)9-18-10-14(16)17/h5-8,13H,2-4,9-10,15H2,1H3,(H,16,17). The first-order chi connectivity index (χ1) is 8.63. The van der Waals surface area contributed by atoms with Gasteiger partial charge in [-0.3, -0.25) is 0 Å². The van der Waals surface area contributed by atoms with Gasteiger partial charge in [-0.1, -0.05) is 37.6 Å². The Labute approximate surface area is 108 Å². The Morgan fingerprint density at radius 2 is 2.06 bits per heavy atom. The summed E-state index contributed by atoms with van der Waals surface area (Å²) in [6.07, 6.45) is 3.46. The Bertz CT molecular complexity index is 362. The second-order valence-corrected chi connectivity index (χ2v) is 4.36. The third-order valence-electron chi connectivity index (χ3n) is 2.75. The lowest BCUT2D eigenvalue weighted by Crippen LogP contribution is -2.19. The van der Waals surface area contributed by atoms with E-state index < -0.39 is 5.97 Å². The molecule has 18 heavy (non-hydrogen) atoms. The van der Waals surface area contributed by atoms with Gasteiger partial charge in [0.25, 0.3) is 0 Å². The second-order valence-electron chi connectivity index (χ2n) is 4.36. The van der Waals surface area contributed by atoms with Gasteiger partial charge >= 0.3 is 5.97 Å². The van der Waals surface area contributed by atoms with Crippen LogP contribution in [0, 0.1) is 0 Å². The second kappa shape index (κ2) is 7.84. The first-order valence-corrected chi connectivity index (χ1v) is 6.27. The number of carboxylic acid groups (broad SMARTS) is 1. The average Bonchev–Trinajstić information content (AvgIpc) is 2.36. The fourth-order valence-electron chi connectivity index (χ4n) is 1.68. The van der Waals surface area contributed by atoms with Gasteiger partial charge in [0.15, 0.2) is 0 Å². The summed E-state index contributed by atoms with van der Waals surface area (Å²) in [6, 6.07) is 7.84. The number of carbonyl (C=O) groups is 1. The number of ether oxygens (including phenoxy) is 1. The van der Waals surface area contributed by atoms with Crippen LogP contribution < -0.4 is 5.73 Å². The maximum Gasteiger partial charge on any atom is 0.329 e. The van der Waals surface area contributed by atoms with Crippen molar-refractivity contribution in [2.75, 3.05) is 13.2 Å². The van der Waals surface area contributed by atoms with Crippen LogP contribution >= 0.6 is 0 Å². The molecule has 1 rings (SSSR count). The molecule has 0 fully saturated rings. The van der Waals surface area contributed by atoms with Gasteiger partial charge in [0, 0.05) is 0 Å². The van der Waals surface area contributed by atoms with Crippen molar-refractivity contribution >= 4 is 5.97 Å². The highest BCUT2D eigenvalue weighted by Crippen LogP contribution is 2.13. The molecule has 4 heteroatoms. The maximum absolute atomic E-state index is 10.3. The summed E-state index contributed by atoms with van der Waals surface area (Å²) in [6.45, 7) is 2.09. The lowest BCUT2D eigenvalue weighted by atomic mass is 10.0. The average molecular weight is 251 g/mol. The minimum Gasteiger partial charge on any atom is -0.480 e. The van der Waals surface area contributed by atoms with Crippen LogP contribution in [0.2, 0.25) is 0 Å². The summed E-state index contributed by atoms with van der Waals surface area (Å²) >= 11 is 0. The first kappa shape index (κ1) is 14.7. The number of rotatable bonds is 8. The molecular weight excluding hydrogens is 230 g/mol. The zero-order chi connectivity index (χ0) is 13.4. The molecule has 1 aromatic rings. The minimum absolute atomic E-state index is 0.223. The zero-order valence-electron chi connectivity index (χ0n) is 10.8. The van der Waals surface area contributed by atoms with Crippen LogP contribution in [0.15, 0.2) is 24.3 Å². The quantitative estimate of drug-likeness (QED) is 0.742. The molecule has 1 aromatic carbocycles. The molecule has 0 aromatic heterocycles. The number of benzene rings is 1. The summed E-state index contributed by atoms with van der Waals surface area (Å²) in [4.78, 5) is 10.3. The van der Waals surface area contributed by atoms with Gasteiger partial charge < -0.3 is 15.6 Å². The van der Waals surface area contributed by atoms with Crippen LogP contribution in [0.4, 0.5) is 0 Å². The van der Waals surface area contributed by atoms with Gasteiger partial charge in [0.1, 0.15) is 6.61 Å². The van der Waals surface area contributed by atoms with Gasteiger partial charge in [-0.15, -0.1) is 0 Å². The molecule has 4 nitrogen and oxygen atoms in total. The van der Waals surface area contributed by atoms with Crippen molar-refractivity contribution in [2.45, 2.75) is 32.2 Å². The Balaban J connectivity index is 2.43. The summed E-state index contributed by atoms with van der Waals surface area (Å²) < 4.78 is 4.98. The van der Waals surface area contributed by atoms with Crippen LogP contribution in [0.1, 0.15) is 36.9 Å². The van der Waals surface area contributed by atoms with Crippen molar-refractivity contribution in [1.29, 1.82) is 0 Å². The summed E-state index contributed by atoms with van der Waals surface area (Å²) in [5, 5.41) is 8.45. The molecule has 1 unspecified atom stereocenters. The normalized spacial score (nSPS) is 12.3. The smallest absolute Gasteiger partial charge is 0.329 e. The van der Waals surface area contributed by atoms with Crippen molar-refractivity contribution in [1.82, 2.24) is 0 Å². The highest BCUT2D eigenvalue weighted by atomic mass is 16.5. The maximum atomic E-state index is 10.3. The van der Waals surface area contributed by atoms with Crippen molar-refractivity contribution in [3.8, 4) is 0 Å². The number of aliphatic carboxylic acids is 1. The molecule has 0 heterocycles. The van der Waals surface area contributed by atoms with Crippen molar-refractivity contribution in [3.63, 3.8) is 0 Å². The fraction of sp³-hybridized carbons (Fsp3) is 0.500. The Hall–Kier alpha value is -1.39. The summed E-state index contributed by atoms with van der Waals surface area (Å²) in [5.41, 5.74) is 8.19. The molecule has 0 aliphatic carbocycles. The van der Waals surface area contributed by atoms with E-state index >= 15 is 0 Å². The largest absolute Gasteiger partial charge is 0.480 e. The van der Waals surface area contributed by atoms with E-state index in [1.807, 2.05) is 12.1 Å². The lowest BCUT2D eigenvalue weighted by molar-refractivity contribution is -0.142. The number of unbranched alkanes of at least 4 members (excludes halogenated alkanes) is 1. The molecule has 0 aliphatic heterocycles. The molecule has 100 valence electrons. The van der Waals surface area contributed by atoms with E-state index in [1.54, 1.807) is 0 Å². The number of hydrogen-bond acceptors (Lipinski definition) is 3. The molecule has 0 spiro atoms. The van der Waals surface area contributed by atoms with Crippen LogP contribution in [0.3, 0.4) is 0 Å². The van der Waals surface area contributed by atoms with E-state index in [0.29, 0.717) is 0 Å². The van der Waals surface area contributed by atoms with E-state index in [0.717, 1.165) is 12.0 Å². The number of hydrogen-bond donors (Lipinski definition) is 2. The SMILES string of the molecule is CCCCc1ccc(C(N)COCC(=O)O)cc1. The zero-order valence-corrected chi connectivity index (χ0v) is 10.8. The predicted molar refractivity (Wildman–Crippen MR) is 70.4 cm³/mol. The van der Waals surface area contributed by atoms with Gasteiger partial charge in [0.2, 0.25) is 0 Å². The monoisotopic (exact) mass is 251 g/mol. The Morgan fingerprint density at radius 3 is 2.61 bits per heavy atom. The van der Waals surface area contributed by atoms with Crippen LogP contribution in [0.25, 0.3) is 0 Å². The van der Waals surface area contributed by atoms with Gasteiger partial charge in [-0.2, -0.15) is 0 Å². The molecule has 0 radical (unpaired) electrons. The highest BCUT2D eigenvalue weighted by molar-refractivity contribution is 5.67. The first-order valence-electron chi connectivity index (χ1n) is 6.27. The van der Waals surface area contributed by atoms with Crippen LogP contribution in [-0.2, 0) is 16.0 Å². The molecular formula is C14H21NO3. The van der Waals surface area contributed by atoms with Crippen molar-refractivity contribution in [2.24, 2.45) is 5.73 Å². The minimum atomic E-state index is -0.975. The van der Waals surface area contributed by atoms with Crippen LogP contribution in [0.5, 0.6) is 0 Å². The molecule has 0 saturated heterocycles. The Morgan fingerprint density at radius 1 is 1.39 bits per heavy atom. The van der Waals surface area contributed by atoms with Crippen molar-refractivity contribution < 1.29 is 14.6 Å². The van der Waals surface area contributed by atoms with E-state index in [4.69, 9.17) is 15.6 Å².